The van der Waals surface area contributed by atoms with E-state index in [1.54, 1.807) is 0 Å². The molecule has 0 saturated heterocycles. The molecule has 0 aromatic heterocycles. The van der Waals surface area contributed by atoms with Crippen LogP contribution in [0.5, 0.6) is 0 Å². The van der Waals surface area contributed by atoms with Gasteiger partial charge in [-0.15, -0.1) is 0 Å². The van der Waals surface area contributed by atoms with Crippen molar-refractivity contribution in [1.82, 2.24) is 4.31 Å². The van der Waals surface area contributed by atoms with E-state index >= 15 is 0 Å². The maximum atomic E-state index is 11.3. The maximum Gasteiger partial charge on any atom is 0.215 e. The number of rotatable bonds is 6. The third-order valence-corrected chi connectivity index (χ3v) is 4.44. The number of sulfone groups is 1. The molecule has 0 aliphatic carbocycles. The Morgan fingerprint density at radius 2 is 1.64 bits per heavy atom. The number of hydrogen-bond acceptors (Lipinski definition) is 5. The quantitative estimate of drug-likeness (QED) is 0.597. The Morgan fingerprint density at radius 1 is 1.14 bits per heavy atom. The van der Waals surface area contributed by atoms with E-state index in [2.05, 4.69) is 0 Å². The van der Waals surface area contributed by atoms with Gasteiger partial charge in [0, 0.05) is 26.4 Å². The summed E-state index contributed by atoms with van der Waals surface area (Å²) in [5.74, 6) is -0.333. The second-order valence-corrected chi connectivity index (χ2v) is 7.51. The normalized spacial score (nSPS) is 13.4. The Bertz CT molecular complexity index is 359. The summed E-state index contributed by atoms with van der Waals surface area (Å²) in [6, 6.07) is 0. The Hall–Kier alpha value is -0.180. The van der Waals surface area contributed by atoms with E-state index in [4.69, 9.17) is 5.73 Å². The zero-order valence-corrected chi connectivity index (χ0v) is 9.94. The van der Waals surface area contributed by atoms with Crippen LogP contribution in [0, 0.1) is 0 Å². The van der Waals surface area contributed by atoms with E-state index in [-0.39, 0.29) is 24.6 Å². The van der Waals surface area contributed by atoms with Crippen molar-refractivity contribution in [3.8, 4) is 0 Å². The molecule has 0 saturated carbocycles. The van der Waals surface area contributed by atoms with Crippen molar-refractivity contribution in [3.05, 3.63) is 0 Å². The van der Waals surface area contributed by atoms with Crippen molar-refractivity contribution in [2.75, 3.05) is 37.9 Å². The van der Waals surface area contributed by atoms with Gasteiger partial charge in [-0.05, 0) is 0 Å². The van der Waals surface area contributed by atoms with Crippen LogP contribution >= 0.6 is 0 Å². The topological polar surface area (TPSA) is 97.5 Å². The summed E-state index contributed by atoms with van der Waals surface area (Å²) in [5, 5.41) is 0. The molecule has 0 amide bonds. The minimum atomic E-state index is -3.39. The molecule has 6 nitrogen and oxygen atoms in total. The number of nitrogens with zero attached hydrogens (tertiary/aromatic N) is 1. The van der Waals surface area contributed by atoms with E-state index in [0.717, 1.165) is 10.6 Å². The average molecular weight is 244 g/mol. The largest absolute Gasteiger partial charge is 0.329 e. The molecular weight excluding hydrogens is 228 g/mol. The standard InChI is InChI=1S/C6H16N2O4S2/c1-8(4-6-13(2,9)10)14(11,12)5-3-7/h3-7H2,1-2H3. The Labute approximate surface area is 85.0 Å². The van der Waals surface area contributed by atoms with E-state index in [1.165, 1.54) is 7.05 Å². The summed E-state index contributed by atoms with van der Waals surface area (Å²) in [7, 11) is -5.18. The van der Waals surface area contributed by atoms with E-state index in [0.29, 0.717) is 0 Å². The van der Waals surface area contributed by atoms with Gasteiger partial charge in [-0.3, -0.25) is 0 Å². The highest BCUT2D eigenvalue weighted by Crippen LogP contribution is 1.97. The van der Waals surface area contributed by atoms with Crippen molar-refractivity contribution >= 4 is 19.9 Å². The Kier molecular flexibility index (Phi) is 4.99. The van der Waals surface area contributed by atoms with Gasteiger partial charge in [0.1, 0.15) is 9.84 Å². The second kappa shape index (κ2) is 5.06. The fraction of sp³-hybridized carbons (Fsp3) is 1.00. The maximum absolute atomic E-state index is 11.3. The van der Waals surface area contributed by atoms with Gasteiger partial charge in [-0.25, -0.2) is 21.1 Å². The Morgan fingerprint density at radius 3 is 2.00 bits per heavy atom. The first-order valence-electron chi connectivity index (χ1n) is 4.01. The van der Waals surface area contributed by atoms with E-state index in [1.807, 2.05) is 0 Å². The third kappa shape index (κ3) is 5.53. The molecule has 0 aliphatic rings. The monoisotopic (exact) mass is 244 g/mol. The van der Waals surface area contributed by atoms with Crippen LogP contribution in [0.4, 0.5) is 0 Å². The average Bonchev–Trinajstić information content (AvgIpc) is 1.98. The summed E-state index contributed by atoms with van der Waals surface area (Å²) in [4.78, 5) is 0. The highest BCUT2D eigenvalue weighted by Gasteiger charge is 2.17. The van der Waals surface area contributed by atoms with Gasteiger partial charge >= 0.3 is 0 Å². The zero-order chi connectivity index (χ0) is 11.4. The van der Waals surface area contributed by atoms with Gasteiger partial charge in [-0.1, -0.05) is 0 Å². The fourth-order valence-electron chi connectivity index (χ4n) is 0.738. The van der Waals surface area contributed by atoms with Crippen LogP contribution in [0.25, 0.3) is 0 Å². The van der Waals surface area contributed by atoms with Gasteiger partial charge in [0.25, 0.3) is 0 Å². The third-order valence-electron chi connectivity index (χ3n) is 1.63. The summed E-state index contributed by atoms with van der Waals surface area (Å²) in [5.41, 5.74) is 5.11. The van der Waals surface area contributed by atoms with Gasteiger partial charge in [0.2, 0.25) is 10.0 Å². The summed E-state index contributed by atoms with van der Waals surface area (Å²) < 4.78 is 45.2. The van der Waals surface area contributed by atoms with Gasteiger partial charge in [-0.2, -0.15) is 0 Å². The lowest BCUT2D eigenvalue weighted by Gasteiger charge is -2.15. The molecule has 0 fully saturated rings. The minimum Gasteiger partial charge on any atom is -0.329 e. The van der Waals surface area contributed by atoms with Gasteiger partial charge < -0.3 is 5.73 Å². The summed E-state index contributed by atoms with van der Waals surface area (Å²) >= 11 is 0. The molecule has 0 spiro atoms. The first-order valence-corrected chi connectivity index (χ1v) is 7.68. The van der Waals surface area contributed by atoms with Crippen LogP contribution in [0.1, 0.15) is 0 Å². The van der Waals surface area contributed by atoms with Crippen molar-refractivity contribution in [2.45, 2.75) is 0 Å². The summed E-state index contributed by atoms with van der Waals surface area (Å²) in [6.07, 6.45) is 1.07. The van der Waals surface area contributed by atoms with E-state index in [9.17, 15) is 16.8 Å². The van der Waals surface area contributed by atoms with Crippen LogP contribution in [0.15, 0.2) is 0 Å². The second-order valence-electron chi connectivity index (χ2n) is 3.06. The van der Waals surface area contributed by atoms with Crippen LogP contribution in [-0.2, 0) is 19.9 Å². The molecule has 0 aromatic carbocycles. The smallest absolute Gasteiger partial charge is 0.215 e. The molecule has 86 valence electrons. The molecule has 0 aliphatic heterocycles. The Balaban J connectivity index is 4.29. The molecule has 14 heavy (non-hydrogen) atoms. The van der Waals surface area contributed by atoms with Crippen molar-refractivity contribution in [2.24, 2.45) is 5.73 Å². The molecule has 0 bridgehead atoms. The first-order chi connectivity index (χ1) is 6.19. The predicted octanol–water partition coefficient (Wildman–Crippen LogP) is -1.75. The van der Waals surface area contributed by atoms with Crippen molar-refractivity contribution in [3.63, 3.8) is 0 Å². The van der Waals surface area contributed by atoms with E-state index < -0.39 is 19.9 Å². The molecule has 0 heterocycles. The highest BCUT2D eigenvalue weighted by molar-refractivity contribution is 7.91. The SMILES string of the molecule is CN(CCS(C)(=O)=O)S(=O)(=O)CCN. The molecule has 0 unspecified atom stereocenters. The lowest BCUT2D eigenvalue weighted by atomic mass is 10.8. The molecule has 0 atom stereocenters. The van der Waals surface area contributed by atoms with Crippen molar-refractivity contribution < 1.29 is 16.8 Å². The zero-order valence-electron chi connectivity index (χ0n) is 8.30. The van der Waals surface area contributed by atoms with Crippen molar-refractivity contribution in [1.29, 1.82) is 0 Å². The molecule has 0 aromatic rings. The first kappa shape index (κ1) is 13.8. The molecule has 0 rings (SSSR count). The van der Waals surface area contributed by atoms with Gasteiger partial charge in [0.05, 0.1) is 11.5 Å². The molecule has 0 radical (unpaired) electrons. The number of nitrogens with two attached hydrogens (primary N) is 1. The fourth-order valence-corrected chi connectivity index (χ4v) is 2.44. The van der Waals surface area contributed by atoms with Crippen LogP contribution in [0.3, 0.4) is 0 Å². The number of hydrogen-bond donors (Lipinski definition) is 1. The van der Waals surface area contributed by atoms with Gasteiger partial charge in [0.15, 0.2) is 0 Å². The highest BCUT2D eigenvalue weighted by atomic mass is 32.2. The number of sulfonamides is 1. The summed E-state index contributed by atoms with van der Waals surface area (Å²) in [6.45, 7) is 0.00666. The lowest BCUT2D eigenvalue weighted by Crippen LogP contribution is -2.35. The minimum absolute atomic E-state index is 0.0266. The van der Waals surface area contributed by atoms with Crippen LogP contribution in [-0.4, -0.2) is 59.0 Å². The molecule has 2 N–H and O–H groups in total. The predicted molar refractivity (Wildman–Crippen MR) is 55.2 cm³/mol. The molecular formula is C6H16N2O4S2. The van der Waals surface area contributed by atoms with Crippen LogP contribution in [0.2, 0.25) is 0 Å². The molecule has 8 heteroatoms. The van der Waals surface area contributed by atoms with Crippen LogP contribution < -0.4 is 5.73 Å². The lowest BCUT2D eigenvalue weighted by molar-refractivity contribution is 0.485.